The van der Waals surface area contributed by atoms with Crippen molar-refractivity contribution in [1.29, 1.82) is 0 Å². The molecule has 1 aliphatic heterocycles. The summed E-state index contributed by atoms with van der Waals surface area (Å²) in [5.74, 6) is 1.66. The van der Waals surface area contributed by atoms with E-state index in [1.807, 2.05) is 6.07 Å². The average molecular weight is 206 g/mol. The van der Waals surface area contributed by atoms with Gasteiger partial charge in [0.25, 0.3) is 0 Å². The van der Waals surface area contributed by atoms with E-state index < -0.39 is 0 Å². The third-order valence-electron chi connectivity index (χ3n) is 3.18. The molecule has 0 spiro atoms. The van der Waals surface area contributed by atoms with Crippen LogP contribution in [-0.2, 0) is 0 Å². The van der Waals surface area contributed by atoms with Crippen LogP contribution in [0.5, 0.6) is 0 Å². The number of hydrogen-bond acceptors (Lipinski definition) is 4. The highest BCUT2D eigenvalue weighted by atomic mass is 15.1. The van der Waals surface area contributed by atoms with Crippen LogP contribution in [0.3, 0.4) is 0 Å². The number of rotatable bonds is 1. The summed E-state index contributed by atoms with van der Waals surface area (Å²) in [5, 5.41) is 11.6. The van der Waals surface area contributed by atoms with Crippen LogP contribution in [-0.4, -0.2) is 23.3 Å². The van der Waals surface area contributed by atoms with Crippen LogP contribution in [0.25, 0.3) is 0 Å². The van der Waals surface area contributed by atoms with Gasteiger partial charge >= 0.3 is 0 Å². The molecule has 1 aromatic heterocycles. The van der Waals surface area contributed by atoms with Crippen molar-refractivity contribution >= 4 is 5.82 Å². The maximum atomic E-state index is 5.61. The van der Waals surface area contributed by atoms with Crippen LogP contribution in [0.2, 0.25) is 0 Å². The average Bonchev–Trinajstić information content (AvgIpc) is 2.20. The molecule has 1 unspecified atom stereocenters. The molecule has 4 nitrogen and oxygen atoms in total. The Morgan fingerprint density at radius 2 is 2.27 bits per heavy atom. The minimum Gasteiger partial charge on any atom is -0.382 e. The molecule has 0 amide bonds. The number of hydrogen-bond donors (Lipinski definition) is 2. The lowest BCUT2D eigenvalue weighted by Gasteiger charge is -2.29. The zero-order chi connectivity index (χ0) is 10.8. The quantitative estimate of drug-likeness (QED) is 0.721. The minimum absolute atomic E-state index is 0.512. The Morgan fingerprint density at radius 1 is 1.47 bits per heavy atom. The van der Waals surface area contributed by atoms with Crippen molar-refractivity contribution < 1.29 is 0 Å². The van der Waals surface area contributed by atoms with Gasteiger partial charge in [-0.05, 0) is 44.0 Å². The number of nitrogen functional groups attached to an aromatic ring is 1. The molecule has 1 aromatic rings. The molecule has 3 N–H and O–H groups in total. The van der Waals surface area contributed by atoms with E-state index in [1.54, 1.807) is 0 Å². The van der Waals surface area contributed by atoms with Gasteiger partial charge < -0.3 is 11.1 Å². The topological polar surface area (TPSA) is 63.8 Å². The van der Waals surface area contributed by atoms with Crippen LogP contribution in [0.1, 0.15) is 30.5 Å². The SMILES string of the molecule is Cc1cc(N)nnc1[C@@H]1CCNCC1C. The Labute approximate surface area is 90.3 Å². The summed E-state index contributed by atoms with van der Waals surface area (Å²) in [7, 11) is 0. The zero-order valence-electron chi connectivity index (χ0n) is 9.33. The Kier molecular flexibility index (Phi) is 2.86. The van der Waals surface area contributed by atoms with Gasteiger partial charge in [-0.3, -0.25) is 0 Å². The van der Waals surface area contributed by atoms with E-state index >= 15 is 0 Å². The molecular formula is C11H18N4. The largest absolute Gasteiger partial charge is 0.382 e. The van der Waals surface area contributed by atoms with Crippen LogP contribution >= 0.6 is 0 Å². The van der Waals surface area contributed by atoms with Crippen molar-refractivity contribution in [2.24, 2.45) is 5.92 Å². The molecule has 0 radical (unpaired) electrons. The summed E-state index contributed by atoms with van der Waals surface area (Å²) in [6.07, 6.45) is 1.14. The Balaban J connectivity index is 2.27. The highest BCUT2D eigenvalue weighted by molar-refractivity contribution is 5.34. The summed E-state index contributed by atoms with van der Waals surface area (Å²) in [4.78, 5) is 0. The molecule has 4 heteroatoms. The molecule has 1 saturated heterocycles. The zero-order valence-corrected chi connectivity index (χ0v) is 9.33. The van der Waals surface area contributed by atoms with Gasteiger partial charge in [-0.25, -0.2) is 0 Å². The number of piperidine rings is 1. The molecular weight excluding hydrogens is 188 g/mol. The van der Waals surface area contributed by atoms with Gasteiger partial charge in [0.1, 0.15) is 5.82 Å². The molecule has 0 saturated carbocycles. The van der Waals surface area contributed by atoms with Crippen molar-refractivity contribution in [2.45, 2.75) is 26.2 Å². The smallest absolute Gasteiger partial charge is 0.146 e. The Morgan fingerprint density at radius 3 is 2.93 bits per heavy atom. The van der Waals surface area contributed by atoms with E-state index in [-0.39, 0.29) is 0 Å². The Bertz CT molecular complexity index is 350. The third-order valence-corrected chi connectivity index (χ3v) is 3.18. The van der Waals surface area contributed by atoms with Crippen molar-refractivity contribution in [3.8, 4) is 0 Å². The molecule has 0 bridgehead atoms. The van der Waals surface area contributed by atoms with E-state index in [0.717, 1.165) is 25.2 Å². The lowest BCUT2D eigenvalue weighted by atomic mass is 9.84. The maximum Gasteiger partial charge on any atom is 0.146 e. The van der Waals surface area contributed by atoms with Crippen LogP contribution in [0.4, 0.5) is 5.82 Å². The second-order valence-electron chi connectivity index (χ2n) is 4.41. The molecule has 2 atom stereocenters. The first-order valence-electron chi connectivity index (χ1n) is 5.49. The van der Waals surface area contributed by atoms with Gasteiger partial charge in [-0.2, -0.15) is 5.10 Å². The first-order chi connectivity index (χ1) is 7.18. The summed E-state index contributed by atoms with van der Waals surface area (Å²) in [5.41, 5.74) is 7.90. The third kappa shape index (κ3) is 2.09. The van der Waals surface area contributed by atoms with Gasteiger partial charge in [-0.1, -0.05) is 6.92 Å². The number of aromatic nitrogens is 2. The summed E-state index contributed by atoms with van der Waals surface area (Å²) < 4.78 is 0. The highest BCUT2D eigenvalue weighted by Crippen LogP contribution is 2.30. The predicted octanol–water partition coefficient (Wildman–Crippen LogP) is 1.08. The van der Waals surface area contributed by atoms with Crippen molar-refractivity contribution in [1.82, 2.24) is 15.5 Å². The molecule has 0 aromatic carbocycles. The molecule has 0 aliphatic carbocycles. The summed E-state index contributed by atoms with van der Waals surface area (Å²) >= 11 is 0. The van der Waals surface area contributed by atoms with Crippen molar-refractivity contribution in [3.63, 3.8) is 0 Å². The monoisotopic (exact) mass is 206 g/mol. The van der Waals surface area contributed by atoms with Crippen LogP contribution in [0, 0.1) is 12.8 Å². The lowest BCUT2D eigenvalue weighted by molar-refractivity contribution is 0.341. The molecule has 1 fully saturated rings. The van der Waals surface area contributed by atoms with E-state index in [9.17, 15) is 0 Å². The fourth-order valence-electron chi connectivity index (χ4n) is 2.30. The van der Waals surface area contributed by atoms with Crippen LogP contribution < -0.4 is 11.1 Å². The summed E-state index contributed by atoms with van der Waals surface area (Å²) in [6, 6.07) is 1.91. The fourth-order valence-corrected chi connectivity index (χ4v) is 2.30. The first kappa shape index (κ1) is 10.4. The van der Waals surface area contributed by atoms with Crippen molar-refractivity contribution in [3.05, 3.63) is 17.3 Å². The van der Waals surface area contributed by atoms with E-state index in [1.165, 1.54) is 5.56 Å². The number of nitrogens with two attached hydrogens (primary N) is 1. The van der Waals surface area contributed by atoms with Gasteiger partial charge in [0.05, 0.1) is 5.69 Å². The lowest BCUT2D eigenvalue weighted by Crippen LogP contribution is -2.34. The minimum atomic E-state index is 0.512. The van der Waals surface area contributed by atoms with E-state index in [4.69, 9.17) is 5.73 Å². The van der Waals surface area contributed by atoms with Gasteiger partial charge in [0.15, 0.2) is 0 Å². The molecule has 2 rings (SSSR count). The second-order valence-corrected chi connectivity index (χ2v) is 4.41. The molecule has 1 aliphatic rings. The fraction of sp³-hybridized carbons (Fsp3) is 0.636. The number of nitrogens with one attached hydrogen (secondary N) is 1. The van der Waals surface area contributed by atoms with E-state index in [0.29, 0.717) is 17.7 Å². The second kappa shape index (κ2) is 4.14. The maximum absolute atomic E-state index is 5.61. The number of anilines is 1. The normalized spacial score (nSPS) is 26.5. The van der Waals surface area contributed by atoms with Gasteiger partial charge in [0.2, 0.25) is 0 Å². The number of aryl methyl sites for hydroxylation is 1. The highest BCUT2D eigenvalue weighted by Gasteiger charge is 2.25. The van der Waals surface area contributed by atoms with Gasteiger partial charge in [0, 0.05) is 5.92 Å². The van der Waals surface area contributed by atoms with Gasteiger partial charge in [-0.15, -0.1) is 5.10 Å². The summed E-state index contributed by atoms with van der Waals surface area (Å²) in [6.45, 7) is 6.46. The molecule has 15 heavy (non-hydrogen) atoms. The molecule has 82 valence electrons. The standard InChI is InChI=1S/C11H18N4/c1-7-5-10(12)14-15-11(7)9-3-4-13-6-8(9)2/h5,8-9,13H,3-4,6H2,1-2H3,(H2,12,14)/t8?,9-/m1/s1. The predicted molar refractivity (Wildman–Crippen MR) is 60.6 cm³/mol. The van der Waals surface area contributed by atoms with Crippen molar-refractivity contribution in [2.75, 3.05) is 18.8 Å². The Hall–Kier alpha value is -1.16. The van der Waals surface area contributed by atoms with E-state index in [2.05, 4.69) is 29.4 Å². The number of nitrogens with zero attached hydrogens (tertiary/aromatic N) is 2. The van der Waals surface area contributed by atoms with Crippen LogP contribution in [0.15, 0.2) is 6.07 Å². The molecule has 2 heterocycles. The first-order valence-corrected chi connectivity index (χ1v) is 5.49.